The highest BCUT2D eigenvalue weighted by Crippen LogP contribution is 2.30. The minimum Gasteiger partial charge on any atom is -0.479 e. The van der Waals surface area contributed by atoms with Crippen LogP contribution in [0.25, 0.3) is 0 Å². The highest BCUT2D eigenvalue weighted by atomic mass is 35.5. The van der Waals surface area contributed by atoms with Crippen molar-refractivity contribution in [3.63, 3.8) is 0 Å². The lowest BCUT2D eigenvalue weighted by Crippen LogP contribution is -2.40. The van der Waals surface area contributed by atoms with E-state index < -0.39 is 11.5 Å². The molecule has 2 rings (SSSR count). The van der Waals surface area contributed by atoms with Crippen molar-refractivity contribution >= 4 is 23.4 Å². The van der Waals surface area contributed by atoms with Gasteiger partial charge in [-0.3, -0.25) is 0 Å². The molecule has 106 valence electrons. The van der Waals surface area contributed by atoms with Crippen molar-refractivity contribution in [3.05, 3.63) is 58.7 Å². The molecule has 0 radical (unpaired) electrons. The fourth-order valence-electron chi connectivity index (χ4n) is 1.87. The predicted molar refractivity (Wildman–Crippen MR) is 79.0 cm³/mol. The first-order chi connectivity index (χ1) is 9.99. The van der Waals surface area contributed by atoms with Crippen molar-refractivity contribution in [2.24, 2.45) is 0 Å². The van der Waals surface area contributed by atoms with Gasteiger partial charge in [-0.1, -0.05) is 41.9 Å². The monoisotopic (exact) mass is 301 g/mol. The molecule has 1 aromatic heterocycles. The lowest BCUT2D eigenvalue weighted by molar-refractivity contribution is -0.142. The van der Waals surface area contributed by atoms with Crippen LogP contribution >= 0.6 is 11.6 Å². The van der Waals surface area contributed by atoms with Gasteiger partial charge in [0.2, 0.25) is 0 Å². The summed E-state index contributed by atoms with van der Waals surface area (Å²) in [6.45, 7) is 1.52. The molecule has 1 atom stereocenters. The number of rotatable bonds is 4. The second kappa shape index (κ2) is 5.81. The Hall–Kier alpha value is -2.58. The van der Waals surface area contributed by atoms with Gasteiger partial charge in [0.05, 0.1) is 5.56 Å². The van der Waals surface area contributed by atoms with Crippen molar-refractivity contribution in [2.75, 3.05) is 5.32 Å². The molecule has 0 amide bonds. The van der Waals surface area contributed by atoms with Gasteiger partial charge in [-0.2, -0.15) is 5.26 Å². The molecule has 0 saturated carbocycles. The summed E-state index contributed by atoms with van der Waals surface area (Å²) in [5.41, 5.74) is -0.626. The lowest BCUT2D eigenvalue weighted by atomic mass is 9.92. The number of carboxylic acids is 1. The molecule has 2 N–H and O–H groups in total. The summed E-state index contributed by atoms with van der Waals surface area (Å²) in [6.07, 6.45) is 1.40. The quantitative estimate of drug-likeness (QED) is 0.906. The number of carboxylic acid groups (broad SMARTS) is 1. The topological polar surface area (TPSA) is 86.0 Å². The van der Waals surface area contributed by atoms with Crippen LogP contribution in [0.15, 0.2) is 42.6 Å². The van der Waals surface area contributed by atoms with Gasteiger partial charge < -0.3 is 10.4 Å². The first-order valence-corrected chi connectivity index (χ1v) is 6.48. The maximum Gasteiger partial charge on any atom is 0.333 e. The first-order valence-electron chi connectivity index (χ1n) is 6.10. The summed E-state index contributed by atoms with van der Waals surface area (Å²) in [5, 5.41) is 21.4. The number of nitrogens with zero attached hydrogens (tertiary/aromatic N) is 2. The third-order valence-electron chi connectivity index (χ3n) is 3.16. The summed E-state index contributed by atoms with van der Waals surface area (Å²) in [4.78, 5) is 15.7. The van der Waals surface area contributed by atoms with Crippen molar-refractivity contribution in [1.82, 2.24) is 4.98 Å². The first kappa shape index (κ1) is 14.8. The summed E-state index contributed by atoms with van der Waals surface area (Å²) in [7, 11) is 0. The van der Waals surface area contributed by atoms with E-state index in [1.807, 2.05) is 6.07 Å². The van der Waals surface area contributed by atoms with E-state index in [1.165, 1.54) is 19.2 Å². The number of aromatic nitrogens is 1. The van der Waals surface area contributed by atoms with Crippen LogP contribution in [0.4, 0.5) is 5.82 Å². The van der Waals surface area contributed by atoms with E-state index >= 15 is 0 Å². The molecular weight excluding hydrogens is 290 g/mol. The van der Waals surface area contributed by atoms with E-state index in [0.717, 1.165) is 0 Å². The number of benzene rings is 1. The van der Waals surface area contributed by atoms with Gasteiger partial charge in [0.15, 0.2) is 5.54 Å². The average Bonchev–Trinajstić information content (AvgIpc) is 2.50. The van der Waals surface area contributed by atoms with Crippen LogP contribution in [0.5, 0.6) is 0 Å². The zero-order chi connectivity index (χ0) is 15.5. The van der Waals surface area contributed by atoms with Crippen LogP contribution < -0.4 is 5.32 Å². The Kier molecular flexibility index (Phi) is 4.10. The molecule has 5 nitrogen and oxygen atoms in total. The summed E-state index contributed by atoms with van der Waals surface area (Å²) < 4.78 is 0. The second-order valence-corrected chi connectivity index (χ2v) is 4.93. The summed E-state index contributed by atoms with van der Waals surface area (Å²) in [5.74, 6) is -0.918. The number of nitrogens with one attached hydrogen (secondary N) is 1. The molecule has 1 unspecified atom stereocenters. The number of aliphatic carboxylic acids is 1. The summed E-state index contributed by atoms with van der Waals surface area (Å²) >= 11 is 6.07. The average molecular weight is 302 g/mol. The zero-order valence-electron chi connectivity index (χ0n) is 11.2. The largest absolute Gasteiger partial charge is 0.479 e. The standard InChI is InChI=1S/C15H12ClN3O2/c1-15(14(20)21,11-5-3-2-4-6-11)19-13-12(16)10(9-17)7-8-18-13/h2-8H,1H3,(H,18,19)(H,20,21). The van der Waals surface area contributed by atoms with Crippen molar-refractivity contribution in [3.8, 4) is 6.07 Å². The molecule has 2 aromatic rings. The number of pyridine rings is 1. The van der Waals surface area contributed by atoms with Gasteiger partial charge in [0.25, 0.3) is 0 Å². The van der Waals surface area contributed by atoms with E-state index in [4.69, 9.17) is 16.9 Å². The van der Waals surface area contributed by atoms with Crippen molar-refractivity contribution < 1.29 is 9.90 Å². The highest BCUT2D eigenvalue weighted by Gasteiger charge is 2.36. The maximum atomic E-state index is 11.7. The Balaban J connectivity index is 2.48. The Morgan fingerprint density at radius 1 is 1.38 bits per heavy atom. The number of carbonyl (C=O) groups is 1. The third-order valence-corrected chi connectivity index (χ3v) is 3.54. The molecule has 6 heteroatoms. The van der Waals surface area contributed by atoms with Gasteiger partial charge in [0.1, 0.15) is 16.9 Å². The van der Waals surface area contributed by atoms with Gasteiger partial charge in [-0.15, -0.1) is 0 Å². The van der Waals surface area contributed by atoms with E-state index in [1.54, 1.807) is 30.3 Å². The highest BCUT2D eigenvalue weighted by molar-refractivity contribution is 6.34. The molecule has 0 saturated heterocycles. The molecular formula is C15H12ClN3O2. The fourth-order valence-corrected chi connectivity index (χ4v) is 2.08. The molecule has 0 spiro atoms. The van der Waals surface area contributed by atoms with E-state index in [2.05, 4.69) is 10.3 Å². The number of hydrogen-bond acceptors (Lipinski definition) is 4. The van der Waals surface area contributed by atoms with E-state index in [-0.39, 0.29) is 16.4 Å². The molecule has 1 heterocycles. The molecule has 0 bridgehead atoms. The maximum absolute atomic E-state index is 11.7. The third kappa shape index (κ3) is 2.81. The molecule has 0 aliphatic heterocycles. The lowest BCUT2D eigenvalue weighted by Gasteiger charge is -2.27. The van der Waals surface area contributed by atoms with Crippen LogP contribution in [0.1, 0.15) is 18.1 Å². The van der Waals surface area contributed by atoms with Crippen LogP contribution in [0.3, 0.4) is 0 Å². The van der Waals surface area contributed by atoms with Crippen LogP contribution in [0, 0.1) is 11.3 Å². The Labute approximate surface area is 126 Å². The molecule has 1 aromatic carbocycles. The Morgan fingerprint density at radius 2 is 2.05 bits per heavy atom. The van der Waals surface area contributed by atoms with Crippen molar-refractivity contribution in [2.45, 2.75) is 12.5 Å². The number of halogens is 1. The number of hydrogen-bond donors (Lipinski definition) is 2. The Morgan fingerprint density at radius 3 is 2.62 bits per heavy atom. The van der Waals surface area contributed by atoms with Gasteiger partial charge >= 0.3 is 5.97 Å². The van der Waals surface area contributed by atoms with Crippen molar-refractivity contribution in [1.29, 1.82) is 5.26 Å². The molecule has 0 fully saturated rings. The van der Waals surface area contributed by atoms with Gasteiger partial charge in [-0.25, -0.2) is 9.78 Å². The molecule has 0 aliphatic rings. The molecule has 21 heavy (non-hydrogen) atoms. The minimum atomic E-state index is -1.41. The predicted octanol–water partition coefficient (Wildman–Crippen LogP) is 3.02. The number of anilines is 1. The van der Waals surface area contributed by atoms with E-state index in [9.17, 15) is 9.90 Å². The van der Waals surface area contributed by atoms with Gasteiger partial charge in [0, 0.05) is 6.20 Å². The normalized spacial score (nSPS) is 13.0. The fraction of sp³-hybridized carbons (Fsp3) is 0.133. The Bertz CT molecular complexity index is 713. The van der Waals surface area contributed by atoms with Crippen LogP contribution in [-0.2, 0) is 10.3 Å². The number of nitriles is 1. The van der Waals surface area contributed by atoms with Crippen LogP contribution in [-0.4, -0.2) is 16.1 Å². The SMILES string of the molecule is CC(Nc1nccc(C#N)c1Cl)(C(=O)O)c1ccccc1. The van der Waals surface area contributed by atoms with E-state index in [0.29, 0.717) is 5.56 Å². The minimum absolute atomic E-state index is 0.100. The second-order valence-electron chi connectivity index (χ2n) is 4.55. The summed E-state index contributed by atoms with van der Waals surface area (Å²) in [6, 6.07) is 12.1. The zero-order valence-corrected chi connectivity index (χ0v) is 11.9. The van der Waals surface area contributed by atoms with Gasteiger partial charge in [-0.05, 0) is 18.6 Å². The van der Waals surface area contributed by atoms with Crippen LogP contribution in [0.2, 0.25) is 5.02 Å². The molecule has 0 aliphatic carbocycles. The smallest absolute Gasteiger partial charge is 0.333 e.